The van der Waals surface area contributed by atoms with Gasteiger partial charge in [0.25, 0.3) is 0 Å². The lowest BCUT2D eigenvalue weighted by molar-refractivity contribution is 0.113. The zero-order valence-corrected chi connectivity index (χ0v) is 11.9. The van der Waals surface area contributed by atoms with Crippen LogP contribution in [-0.4, -0.2) is 56.9 Å². The molecular formula is C14H22F2N2O2. The number of likely N-dealkylation sites (N-methyl/N-ethyl adjacent to an activating group) is 1. The predicted octanol–water partition coefficient (Wildman–Crippen LogP) is 1.17. The first-order chi connectivity index (χ1) is 9.50. The van der Waals surface area contributed by atoms with Crippen LogP contribution in [0.4, 0.5) is 8.78 Å². The maximum absolute atomic E-state index is 13.4. The quantitative estimate of drug-likeness (QED) is 0.670. The summed E-state index contributed by atoms with van der Waals surface area (Å²) in [7, 11) is 3.93. The molecule has 0 aliphatic heterocycles. The summed E-state index contributed by atoms with van der Waals surface area (Å²) in [6.45, 7) is 2.77. The first-order valence-corrected chi connectivity index (χ1v) is 6.57. The summed E-state index contributed by atoms with van der Waals surface area (Å²) in [4.78, 5) is 2.02. The molecule has 0 bridgehead atoms. The van der Waals surface area contributed by atoms with Crippen molar-refractivity contribution in [1.29, 1.82) is 0 Å². The van der Waals surface area contributed by atoms with E-state index in [1.54, 1.807) is 0 Å². The van der Waals surface area contributed by atoms with Crippen molar-refractivity contribution in [2.45, 2.75) is 6.10 Å². The van der Waals surface area contributed by atoms with E-state index in [2.05, 4.69) is 5.32 Å². The summed E-state index contributed by atoms with van der Waals surface area (Å²) in [6, 6.07) is 3.15. The molecule has 0 heterocycles. The summed E-state index contributed by atoms with van der Waals surface area (Å²) >= 11 is 0. The summed E-state index contributed by atoms with van der Waals surface area (Å²) in [5.41, 5.74) is 0.0902. The van der Waals surface area contributed by atoms with Crippen molar-refractivity contribution in [3.8, 4) is 0 Å². The van der Waals surface area contributed by atoms with E-state index < -0.39 is 17.7 Å². The van der Waals surface area contributed by atoms with E-state index in [1.807, 2.05) is 19.0 Å². The normalized spacial score (nSPS) is 12.9. The van der Waals surface area contributed by atoms with Gasteiger partial charge in [-0.3, -0.25) is 0 Å². The van der Waals surface area contributed by atoms with Crippen molar-refractivity contribution >= 4 is 0 Å². The highest BCUT2D eigenvalue weighted by Gasteiger charge is 2.12. The Kier molecular flexibility index (Phi) is 7.61. The van der Waals surface area contributed by atoms with Gasteiger partial charge in [-0.2, -0.15) is 0 Å². The topological polar surface area (TPSA) is 44.7 Å². The molecule has 20 heavy (non-hydrogen) atoms. The Morgan fingerprint density at radius 3 is 2.70 bits per heavy atom. The van der Waals surface area contributed by atoms with E-state index in [-0.39, 0.29) is 12.1 Å². The number of nitrogens with zero attached hydrogens (tertiary/aromatic N) is 1. The van der Waals surface area contributed by atoms with Gasteiger partial charge in [-0.15, -0.1) is 0 Å². The predicted molar refractivity (Wildman–Crippen MR) is 73.6 cm³/mol. The Hall–Kier alpha value is -1.08. The minimum atomic E-state index is -1.00. The van der Waals surface area contributed by atoms with Crippen molar-refractivity contribution < 1.29 is 18.6 Å². The number of halogens is 2. The van der Waals surface area contributed by atoms with Crippen molar-refractivity contribution in [3.05, 3.63) is 35.4 Å². The molecule has 0 amide bonds. The summed E-state index contributed by atoms with van der Waals surface area (Å²) in [5, 5.41) is 12.8. The van der Waals surface area contributed by atoms with Gasteiger partial charge in [0.15, 0.2) is 0 Å². The van der Waals surface area contributed by atoms with Gasteiger partial charge in [0, 0.05) is 31.3 Å². The van der Waals surface area contributed by atoms with E-state index in [4.69, 9.17) is 4.74 Å². The van der Waals surface area contributed by atoms with Gasteiger partial charge in [0.05, 0.1) is 19.3 Å². The number of hydrogen-bond acceptors (Lipinski definition) is 4. The Bertz CT molecular complexity index is 403. The molecule has 0 aliphatic rings. The zero-order chi connectivity index (χ0) is 15.0. The minimum Gasteiger partial charge on any atom is -0.387 e. The zero-order valence-electron chi connectivity index (χ0n) is 11.9. The molecule has 1 unspecified atom stereocenters. The number of benzene rings is 1. The number of aliphatic hydroxyl groups is 1. The SMILES string of the molecule is CN(C)CCOCCNCC(O)c1ccc(F)cc1F. The molecule has 4 nitrogen and oxygen atoms in total. The van der Waals surface area contributed by atoms with Crippen LogP contribution in [0.15, 0.2) is 18.2 Å². The van der Waals surface area contributed by atoms with Gasteiger partial charge in [0.2, 0.25) is 0 Å². The summed E-state index contributed by atoms with van der Waals surface area (Å²) in [5.74, 6) is -1.39. The molecule has 0 spiro atoms. The molecule has 114 valence electrons. The van der Waals surface area contributed by atoms with E-state index in [1.165, 1.54) is 6.07 Å². The standard InChI is InChI=1S/C14H22F2N2O2/c1-18(2)6-8-20-7-5-17-10-14(19)12-4-3-11(15)9-13(12)16/h3-4,9,14,17,19H,5-8,10H2,1-2H3. The smallest absolute Gasteiger partial charge is 0.131 e. The molecule has 0 saturated carbocycles. The monoisotopic (exact) mass is 288 g/mol. The Morgan fingerprint density at radius 1 is 1.30 bits per heavy atom. The molecule has 0 radical (unpaired) electrons. The molecule has 1 rings (SSSR count). The van der Waals surface area contributed by atoms with Gasteiger partial charge in [-0.25, -0.2) is 8.78 Å². The molecule has 1 aromatic carbocycles. The molecule has 1 aromatic rings. The number of hydrogen-bond donors (Lipinski definition) is 2. The lowest BCUT2D eigenvalue weighted by Gasteiger charge is -2.14. The number of rotatable bonds is 9. The fourth-order valence-electron chi connectivity index (χ4n) is 1.61. The third-order valence-electron chi connectivity index (χ3n) is 2.77. The second-order valence-corrected chi connectivity index (χ2v) is 4.80. The Labute approximate surface area is 118 Å². The average Bonchev–Trinajstić information content (AvgIpc) is 2.37. The Balaban J connectivity index is 2.18. The highest BCUT2D eigenvalue weighted by atomic mass is 19.1. The highest BCUT2D eigenvalue weighted by molar-refractivity contribution is 5.21. The number of nitrogens with one attached hydrogen (secondary N) is 1. The van der Waals surface area contributed by atoms with Gasteiger partial charge in [0.1, 0.15) is 11.6 Å². The van der Waals surface area contributed by atoms with Crippen molar-refractivity contribution in [2.75, 3.05) is 46.9 Å². The lowest BCUT2D eigenvalue weighted by atomic mass is 10.1. The van der Waals surface area contributed by atoms with Crippen LogP contribution in [0.25, 0.3) is 0 Å². The molecule has 0 fully saturated rings. The fourth-order valence-corrected chi connectivity index (χ4v) is 1.61. The van der Waals surface area contributed by atoms with Crippen LogP contribution in [-0.2, 0) is 4.74 Å². The van der Waals surface area contributed by atoms with E-state index in [0.29, 0.717) is 19.8 Å². The van der Waals surface area contributed by atoms with E-state index in [0.717, 1.165) is 18.7 Å². The van der Waals surface area contributed by atoms with Crippen LogP contribution < -0.4 is 5.32 Å². The van der Waals surface area contributed by atoms with Crippen molar-refractivity contribution in [3.63, 3.8) is 0 Å². The molecule has 0 aliphatic carbocycles. The second kappa shape index (κ2) is 8.97. The number of aliphatic hydroxyl groups excluding tert-OH is 1. The van der Waals surface area contributed by atoms with Gasteiger partial charge in [-0.1, -0.05) is 6.07 Å². The second-order valence-electron chi connectivity index (χ2n) is 4.80. The minimum absolute atomic E-state index is 0.0902. The van der Waals surface area contributed by atoms with Crippen LogP contribution in [0, 0.1) is 11.6 Å². The maximum atomic E-state index is 13.4. The number of ether oxygens (including phenoxy) is 1. The van der Waals surface area contributed by atoms with E-state index >= 15 is 0 Å². The third-order valence-corrected chi connectivity index (χ3v) is 2.77. The lowest BCUT2D eigenvalue weighted by Crippen LogP contribution is -2.27. The molecule has 0 saturated heterocycles. The van der Waals surface area contributed by atoms with Crippen LogP contribution in [0.1, 0.15) is 11.7 Å². The van der Waals surface area contributed by atoms with Crippen LogP contribution in [0.2, 0.25) is 0 Å². The first kappa shape index (κ1) is 17.0. The fraction of sp³-hybridized carbons (Fsp3) is 0.571. The van der Waals surface area contributed by atoms with Crippen LogP contribution >= 0.6 is 0 Å². The van der Waals surface area contributed by atoms with Crippen molar-refractivity contribution in [1.82, 2.24) is 10.2 Å². The van der Waals surface area contributed by atoms with Crippen molar-refractivity contribution in [2.24, 2.45) is 0 Å². The van der Waals surface area contributed by atoms with E-state index in [9.17, 15) is 13.9 Å². The highest BCUT2D eigenvalue weighted by Crippen LogP contribution is 2.17. The van der Waals surface area contributed by atoms with Gasteiger partial charge < -0.3 is 20.1 Å². The van der Waals surface area contributed by atoms with Gasteiger partial charge >= 0.3 is 0 Å². The molecule has 6 heteroatoms. The van der Waals surface area contributed by atoms with Crippen LogP contribution in [0.5, 0.6) is 0 Å². The molecule has 1 atom stereocenters. The average molecular weight is 288 g/mol. The largest absolute Gasteiger partial charge is 0.387 e. The molecule has 0 aromatic heterocycles. The molecule has 2 N–H and O–H groups in total. The Morgan fingerprint density at radius 2 is 2.05 bits per heavy atom. The first-order valence-electron chi connectivity index (χ1n) is 6.57. The molecular weight excluding hydrogens is 266 g/mol. The summed E-state index contributed by atoms with van der Waals surface area (Å²) in [6.07, 6.45) is -1.00. The van der Waals surface area contributed by atoms with Gasteiger partial charge in [-0.05, 0) is 20.2 Å². The third kappa shape index (κ3) is 6.38. The maximum Gasteiger partial charge on any atom is 0.131 e. The van der Waals surface area contributed by atoms with Crippen LogP contribution in [0.3, 0.4) is 0 Å². The summed E-state index contributed by atoms with van der Waals surface area (Å²) < 4.78 is 31.5.